The van der Waals surface area contributed by atoms with E-state index < -0.39 is 0 Å². The van der Waals surface area contributed by atoms with E-state index in [0.29, 0.717) is 22.0 Å². The van der Waals surface area contributed by atoms with E-state index in [1.807, 2.05) is 0 Å². The Morgan fingerprint density at radius 3 is 2.67 bits per heavy atom. The summed E-state index contributed by atoms with van der Waals surface area (Å²) in [7, 11) is 2.92. The number of anilines is 1. The number of nitrogen functional groups attached to an aromatic ring is 1. The summed E-state index contributed by atoms with van der Waals surface area (Å²) in [4.78, 5) is 11.5. The lowest BCUT2D eigenvalue weighted by Gasteiger charge is -2.08. The van der Waals surface area contributed by atoms with Crippen molar-refractivity contribution in [2.24, 2.45) is 0 Å². The van der Waals surface area contributed by atoms with Crippen molar-refractivity contribution in [3.05, 3.63) is 22.7 Å². The van der Waals surface area contributed by atoms with E-state index in [1.54, 1.807) is 6.07 Å². The fourth-order valence-electron chi connectivity index (χ4n) is 1.14. The number of carbonyl (C=O) groups is 1. The molecule has 0 bridgehead atoms. The number of rotatable bonds is 4. The molecule has 0 amide bonds. The first kappa shape index (κ1) is 11.8. The fraction of sp³-hybridized carbons (Fsp3) is 0.300. The highest BCUT2D eigenvalue weighted by Gasteiger charge is 2.12. The second-order valence-electron chi connectivity index (χ2n) is 2.93. The van der Waals surface area contributed by atoms with Gasteiger partial charge in [0.2, 0.25) is 0 Å². The number of ketones is 1. The summed E-state index contributed by atoms with van der Waals surface area (Å²) in [5.74, 6) is 0.222. The smallest absolute Gasteiger partial charge is 0.188 e. The summed E-state index contributed by atoms with van der Waals surface area (Å²) in [6.07, 6.45) is 0. The molecule has 1 aromatic rings. The molecule has 15 heavy (non-hydrogen) atoms. The Labute approximate surface area is 92.9 Å². The Hall–Kier alpha value is -1.26. The quantitative estimate of drug-likeness (QED) is 0.631. The number of hydrogen-bond acceptors (Lipinski definition) is 4. The van der Waals surface area contributed by atoms with Crippen molar-refractivity contribution in [2.75, 3.05) is 26.6 Å². The molecule has 0 heterocycles. The molecule has 0 atom stereocenters. The van der Waals surface area contributed by atoms with Gasteiger partial charge in [0.1, 0.15) is 12.4 Å². The number of halogens is 1. The van der Waals surface area contributed by atoms with Gasteiger partial charge in [-0.25, -0.2) is 0 Å². The third-order valence-corrected chi connectivity index (χ3v) is 2.22. The molecular formula is C10H12ClNO3. The number of ether oxygens (including phenoxy) is 2. The van der Waals surface area contributed by atoms with E-state index in [2.05, 4.69) is 0 Å². The first-order valence-electron chi connectivity index (χ1n) is 4.25. The second-order valence-corrected chi connectivity index (χ2v) is 3.34. The van der Waals surface area contributed by atoms with Gasteiger partial charge in [-0.15, -0.1) is 0 Å². The maximum Gasteiger partial charge on any atom is 0.188 e. The molecule has 0 aliphatic carbocycles. The van der Waals surface area contributed by atoms with Crippen LogP contribution in [0.15, 0.2) is 12.1 Å². The number of Topliss-reactive ketones (excluding diaryl/α,β-unsaturated/α-hetero) is 1. The first-order chi connectivity index (χ1) is 7.10. The van der Waals surface area contributed by atoms with Gasteiger partial charge in [-0.05, 0) is 12.1 Å². The molecule has 2 N–H and O–H groups in total. The van der Waals surface area contributed by atoms with Gasteiger partial charge in [0.05, 0.1) is 17.8 Å². The molecule has 0 unspecified atom stereocenters. The third kappa shape index (κ3) is 2.61. The summed E-state index contributed by atoms with van der Waals surface area (Å²) >= 11 is 5.84. The van der Waals surface area contributed by atoms with Crippen LogP contribution in [0.5, 0.6) is 5.75 Å². The monoisotopic (exact) mass is 229 g/mol. The molecule has 5 heteroatoms. The van der Waals surface area contributed by atoms with Crippen LogP contribution in [-0.4, -0.2) is 26.6 Å². The van der Waals surface area contributed by atoms with E-state index >= 15 is 0 Å². The van der Waals surface area contributed by atoms with Crippen LogP contribution < -0.4 is 10.5 Å². The highest BCUT2D eigenvalue weighted by molar-refractivity contribution is 6.33. The second kappa shape index (κ2) is 5.00. The highest BCUT2D eigenvalue weighted by Crippen LogP contribution is 2.30. The lowest BCUT2D eigenvalue weighted by molar-refractivity contribution is 0.0848. The number of carbonyl (C=O) groups excluding carboxylic acids is 1. The Bertz CT molecular complexity index is 379. The molecule has 0 aliphatic rings. The van der Waals surface area contributed by atoms with Crippen molar-refractivity contribution < 1.29 is 14.3 Å². The number of methoxy groups -OCH3 is 2. The van der Waals surface area contributed by atoms with Crippen molar-refractivity contribution in [1.82, 2.24) is 0 Å². The molecule has 1 rings (SSSR count). The van der Waals surface area contributed by atoms with Crippen LogP contribution in [0, 0.1) is 0 Å². The van der Waals surface area contributed by atoms with Gasteiger partial charge in [-0.2, -0.15) is 0 Å². The van der Waals surface area contributed by atoms with Gasteiger partial charge in [0.25, 0.3) is 0 Å². The molecular weight excluding hydrogens is 218 g/mol. The van der Waals surface area contributed by atoms with Crippen LogP contribution >= 0.6 is 11.6 Å². The normalized spacial score (nSPS) is 10.1. The van der Waals surface area contributed by atoms with Gasteiger partial charge in [-0.1, -0.05) is 11.6 Å². The molecule has 0 aromatic heterocycles. The molecule has 82 valence electrons. The van der Waals surface area contributed by atoms with Crippen molar-refractivity contribution in [1.29, 1.82) is 0 Å². The zero-order valence-corrected chi connectivity index (χ0v) is 9.30. The zero-order valence-electron chi connectivity index (χ0n) is 8.54. The lowest BCUT2D eigenvalue weighted by atomic mass is 10.1. The Morgan fingerprint density at radius 2 is 2.13 bits per heavy atom. The summed E-state index contributed by atoms with van der Waals surface area (Å²) in [6.45, 7) is 0.00337. The predicted molar refractivity (Wildman–Crippen MR) is 58.6 cm³/mol. The number of nitrogens with two attached hydrogens (primary N) is 1. The Balaban J connectivity index is 3.10. The Kier molecular flexibility index (Phi) is 3.94. The minimum absolute atomic E-state index is 0.00337. The van der Waals surface area contributed by atoms with Gasteiger partial charge in [0, 0.05) is 12.7 Å². The van der Waals surface area contributed by atoms with Crippen LogP contribution in [0.1, 0.15) is 10.4 Å². The van der Waals surface area contributed by atoms with E-state index in [4.69, 9.17) is 26.8 Å². The van der Waals surface area contributed by atoms with Gasteiger partial charge >= 0.3 is 0 Å². The summed E-state index contributed by atoms with van der Waals surface area (Å²) in [6, 6.07) is 3.04. The highest BCUT2D eigenvalue weighted by atomic mass is 35.5. The summed E-state index contributed by atoms with van der Waals surface area (Å²) < 4.78 is 9.73. The summed E-state index contributed by atoms with van der Waals surface area (Å²) in [5, 5.41) is 0.300. The van der Waals surface area contributed by atoms with Crippen LogP contribution in [0.3, 0.4) is 0 Å². The largest absolute Gasteiger partial charge is 0.495 e. The fourth-order valence-corrected chi connectivity index (χ4v) is 1.35. The van der Waals surface area contributed by atoms with Gasteiger partial charge in [0.15, 0.2) is 5.78 Å². The van der Waals surface area contributed by atoms with Crippen LogP contribution in [0.25, 0.3) is 0 Å². The van der Waals surface area contributed by atoms with Gasteiger partial charge in [-0.3, -0.25) is 4.79 Å². The number of benzene rings is 1. The maximum absolute atomic E-state index is 11.5. The molecule has 1 aromatic carbocycles. The van der Waals surface area contributed by atoms with E-state index in [0.717, 1.165) is 0 Å². The standard InChI is InChI=1S/C10H12ClNO3/c1-14-5-8(13)6-3-7(11)10(12)9(4-6)15-2/h3-4H,5,12H2,1-2H3. The average molecular weight is 230 g/mol. The third-order valence-electron chi connectivity index (χ3n) is 1.91. The lowest BCUT2D eigenvalue weighted by Crippen LogP contribution is -2.08. The van der Waals surface area contributed by atoms with E-state index in [9.17, 15) is 4.79 Å². The molecule has 0 aliphatic heterocycles. The van der Waals surface area contributed by atoms with Crippen LogP contribution in [0.4, 0.5) is 5.69 Å². The maximum atomic E-state index is 11.5. The van der Waals surface area contributed by atoms with Gasteiger partial charge < -0.3 is 15.2 Å². The average Bonchev–Trinajstić information content (AvgIpc) is 2.22. The van der Waals surface area contributed by atoms with Crippen molar-refractivity contribution in [3.63, 3.8) is 0 Å². The topological polar surface area (TPSA) is 61.5 Å². The minimum atomic E-state index is -0.169. The van der Waals surface area contributed by atoms with Crippen LogP contribution in [-0.2, 0) is 4.74 Å². The summed E-state index contributed by atoms with van der Waals surface area (Å²) in [5.41, 5.74) is 6.39. The molecule has 0 saturated carbocycles. The van der Waals surface area contributed by atoms with Crippen molar-refractivity contribution in [3.8, 4) is 5.75 Å². The van der Waals surface area contributed by atoms with Crippen molar-refractivity contribution in [2.45, 2.75) is 0 Å². The molecule has 0 saturated heterocycles. The molecule has 0 fully saturated rings. The minimum Gasteiger partial charge on any atom is -0.495 e. The van der Waals surface area contributed by atoms with Crippen LogP contribution in [0.2, 0.25) is 5.02 Å². The first-order valence-corrected chi connectivity index (χ1v) is 4.63. The van der Waals surface area contributed by atoms with E-state index in [1.165, 1.54) is 20.3 Å². The molecule has 0 radical (unpaired) electrons. The molecule has 0 spiro atoms. The van der Waals surface area contributed by atoms with E-state index in [-0.39, 0.29) is 12.4 Å². The molecule has 4 nitrogen and oxygen atoms in total. The SMILES string of the molecule is COCC(=O)c1cc(Cl)c(N)c(OC)c1. The van der Waals surface area contributed by atoms with Crippen molar-refractivity contribution >= 4 is 23.1 Å². The number of hydrogen-bond donors (Lipinski definition) is 1. The zero-order chi connectivity index (χ0) is 11.4. The predicted octanol–water partition coefficient (Wildman–Crippen LogP) is 1.76. The Morgan fingerprint density at radius 1 is 1.47 bits per heavy atom.